The molecule has 2 nitrogen and oxygen atoms in total. The van der Waals surface area contributed by atoms with Gasteiger partial charge in [-0.3, -0.25) is 0 Å². The van der Waals surface area contributed by atoms with Crippen LogP contribution in [0.5, 0.6) is 0 Å². The van der Waals surface area contributed by atoms with Gasteiger partial charge in [-0.25, -0.2) is 4.98 Å². The molecule has 0 spiro atoms. The predicted octanol–water partition coefficient (Wildman–Crippen LogP) is 3.49. The monoisotopic (exact) mass is 324 g/mol. The maximum absolute atomic E-state index is 4.71. The van der Waals surface area contributed by atoms with Crippen molar-refractivity contribution in [3.05, 3.63) is 39.9 Å². The molecule has 82 valence electrons. The lowest BCUT2D eigenvalue weighted by Crippen LogP contribution is -2.08. The van der Waals surface area contributed by atoms with E-state index in [9.17, 15) is 0 Å². The van der Waals surface area contributed by atoms with E-state index in [1.807, 2.05) is 0 Å². The Bertz CT molecular complexity index is 476. The first-order chi connectivity index (χ1) is 7.83. The number of hydrogen-bond donors (Lipinski definition) is 0. The molecule has 3 rings (SSSR count). The van der Waals surface area contributed by atoms with Crippen molar-refractivity contribution in [1.29, 1.82) is 0 Å². The molecule has 2 aromatic rings. The van der Waals surface area contributed by atoms with Gasteiger partial charge in [0.1, 0.15) is 5.82 Å². The standard InChI is InChI=1S/C13H13IN2/c14-11-6-4-10(5-7-11)12-9-16-8-2-1-3-13(16)15-12/h4-7,9H,1-3,8H2. The first kappa shape index (κ1) is 10.3. The lowest BCUT2D eigenvalue weighted by Gasteiger charge is -2.11. The fourth-order valence-corrected chi connectivity index (χ4v) is 2.53. The fourth-order valence-electron chi connectivity index (χ4n) is 2.17. The van der Waals surface area contributed by atoms with Gasteiger partial charge in [-0.15, -0.1) is 0 Å². The fraction of sp³-hybridized carbons (Fsp3) is 0.308. The van der Waals surface area contributed by atoms with E-state index in [0.717, 1.165) is 18.7 Å². The van der Waals surface area contributed by atoms with Gasteiger partial charge in [0.05, 0.1) is 5.69 Å². The summed E-state index contributed by atoms with van der Waals surface area (Å²) < 4.78 is 3.57. The Hall–Kier alpha value is -0.840. The maximum Gasteiger partial charge on any atom is 0.109 e. The third kappa shape index (κ3) is 1.88. The van der Waals surface area contributed by atoms with Gasteiger partial charge in [0.15, 0.2) is 0 Å². The summed E-state index contributed by atoms with van der Waals surface area (Å²) in [7, 11) is 0. The summed E-state index contributed by atoms with van der Waals surface area (Å²) in [5.74, 6) is 1.25. The van der Waals surface area contributed by atoms with Crippen LogP contribution in [0.15, 0.2) is 30.5 Å². The SMILES string of the molecule is Ic1ccc(-c2cn3c(n2)CCCC3)cc1. The molecule has 1 aromatic heterocycles. The number of aromatic nitrogens is 2. The Morgan fingerprint density at radius 1 is 1.12 bits per heavy atom. The second-order valence-corrected chi connectivity index (χ2v) is 5.45. The minimum absolute atomic E-state index is 1.12. The van der Waals surface area contributed by atoms with Crippen molar-refractivity contribution >= 4 is 22.6 Å². The molecule has 1 aliphatic rings. The highest BCUT2D eigenvalue weighted by Crippen LogP contribution is 2.23. The van der Waals surface area contributed by atoms with Crippen LogP contribution in [0.2, 0.25) is 0 Å². The smallest absolute Gasteiger partial charge is 0.109 e. The Morgan fingerprint density at radius 2 is 1.94 bits per heavy atom. The number of imidazole rings is 1. The van der Waals surface area contributed by atoms with E-state index in [0.29, 0.717) is 0 Å². The van der Waals surface area contributed by atoms with Gasteiger partial charge >= 0.3 is 0 Å². The largest absolute Gasteiger partial charge is 0.334 e. The summed E-state index contributed by atoms with van der Waals surface area (Å²) in [5.41, 5.74) is 2.34. The average molecular weight is 324 g/mol. The molecule has 0 atom stereocenters. The van der Waals surface area contributed by atoms with E-state index >= 15 is 0 Å². The Kier molecular flexibility index (Phi) is 2.71. The summed E-state index contributed by atoms with van der Waals surface area (Å²) in [4.78, 5) is 4.71. The molecule has 0 aliphatic carbocycles. The summed E-state index contributed by atoms with van der Waals surface area (Å²) in [5, 5.41) is 0. The lowest BCUT2D eigenvalue weighted by molar-refractivity contribution is 0.522. The molecule has 2 heterocycles. The van der Waals surface area contributed by atoms with Crippen LogP contribution in [-0.4, -0.2) is 9.55 Å². The van der Waals surface area contributed by atoms with E-state index in [1.54, 1.807) is 0 Å². The van der Waals surface area contributed by atoms with Crippen molar-refractivity contribution in [1.82, 2.24) is 9.55 Å². The number of nitrogens with zero attached hydrogens (tertiary/aromatic N) is 2. The van der Waals surface area contributed by atoms with Crippen molar-refractivity contribution in [2.75, 3.05) is 0 Å². The number of fused-ring (bicyclic) bond motifs is 1. The highest BCUT2D eigenvalue weighted by atomic mass is 127. The van der Waals surface area contributed by atoms with Crippen molar-refractivity contribution in [2.45, 2.75) is 25.8 Å². The Labute approximate surface area is 109 Å². The molecule has 0 fully saturated rings. The zero-order valence-electron chi connectivity index (χ0n) is 8.99. The summed E-state index contributed by atoms with van der Waals surface area (Å²) in [6.07, 6.45) is 5.89. The summed E-state index contributed by atoms with van der Waals surface area (Å²) in [6, 6.07) is 8.56. The van der Waals surface area contributed by atoms with Crippen molar-refractivity contribution in [3.8, 4) is 11.3 Å². The third-order valence-corrected chi connectivity index (χ3v) is 3.77. The van der Waals surface area contributed by atoms with Crippen LogP contribution in [0.3, 0.4) is 0 Å². The van der Waals surface area contributed by atoms with E-state index < -0.39 is 0 Å². The van der Waals surface area contributed by atoms with E-state index in [2.05, 4.69) is 57.6 Å². The van der Waals surface area contributed by atoms with Crippen LogP contribution in [0.25, 0.3) is 11.3 Å². The first-order valence-electron chi connectivity index (χ1n) is 5.65. The van der Waals surface area contributed by atoms with Gasteiger partial charge < -0.3 is 4.57 Å². The molecule has 1 aromatic carbocycles. The average Bonchev–Trinajstić information content (AvgIpc) is 2.73. The van der Waals surface area contributed by atoms with Crippen LogP contribution >= 0.6 is 22.6 Å². The van der Waals surface area contributed by atoms with Crippen LogP contribution in [0.4, 0.5) is 0 Å². The topological polar surface area (TPSA) is 17.8 Å². The van der Waals surface area contributed by atoms with E-state index in [1.165, 1.54) is 27.8 Å². The van der Waals surface area contributed by atoms with Gasteiger partial charge in [-0.05, 0) is 47.6 Å². The zero-order valence-corrected chi connectivity index (χ0v) is 11.1. The predicted molar refractivity (Wildman–Crippen MR) is 73.3 cm³/mol. The highest BCUT2D eigenvalue weighted by Gasteiger charge is 2.12. The number of aryl methyl sites for hydroxylation is 2. The number of benzene rings is 1. The summed E-state index contributed by atoms with van der Waals surface area (Å²) in [6.45, 7) is 1.13. The molecular weight excluding hydrogens is 311 g/mol. The molecule has 0 N–H and O–H groups in total. The van der Waals surface area contributed by atoms with Crippen molar-refractivity contribution in [3.63, 3.8) is 0 Å². The molecule has 0 unspecified atom stereocenters. The van der Waals surface area contributed by atoms with Gasteiger partial charge in [0.2, 0.25) is 0 Å². The second-order valence-electron chi connectivity index (χ2n) is 4.20. The molecule has 0 radical (unpaired) electrons. The molecule has 0 saturated carbocycles. The van der Waals surface area contributed by atoms with Crippen molar-refractivity contribution < 1.29 is 0 Å². The molecule has 3 heteroatoms. The van der Waals surface area contributed by atoms with Crippen LogP contribution in [0.1, 0.15) is 18.7 Å². The number of halogens is 1. The molecule has 0 bridgehead atoms. The maximum atomic E-state index is 4.71. The van der Waals surface area contributed by atoms with E-state index in [4.69, 9.17) is 4.98 Å². The first-order valence-corrected chi connectivity index (χ1v) is 6.73. The second kappa shape index (κ2) is 4.20. The lowest BCUT2D eigenvalue weighted by atomic mass is 10.2. The van der Waals surface area contributed by atoms with Gasteiger partial charge in [0.25, 0.3) is 0 Å². The molecule has 1 aliphatic heterocycles. The third-order valence-electron chi connectivity index (χ3n) is 3.05. The number of hydrogen-bond acceptors (Lipinski definition) is 1. The minimum Gasteiger partial charge on any atom is -0.334 e. The van der Waals surface area contributed by atoms with Crippen LogP contribution < -0.4 is 0 Å². The van der Waals surface area contributed by atoms with Gasteiger partial charge in [-0.2, -0.15) is 0 Å². The van der Waals surface area contributed by atoms with Crippen LogP contribution in [0, 0.1) is 3.57 Å². The van der Waals surface area contributed by atoms with Crippen LogP contribution in [-0.2, 0) is 13.0 Å². The van der Waals surface area contributed by atoms with Crippen molar-refractivity contribution in [2.24, 2.45) is 0 Å². The van der Waals surface area contributed by atoms with Gasteiger partial charge in [-0.1, -0.05) is 12.1 Å². The number of rotatable bonds is 1. The van der Waals surface area contributed by atoms with E-state index in [-0.39, 0.29) is 0 Å². The molecule has 16 heavy (non-hydrogen) atoms. The molecule has 0 amide bonds. The quantitative estimate of drug-likeness (QED) is 0.734. The Morgan fingerprint density at radius 3 is 2.69 bits per heavy atom. The molecule has 0 saturated heterocycles. The normalized spacial score (nSPS) is 14.8. The highest BCUT2D eigenvalue weighted by molar-refractivity contribution is 14.1. The minimum atomic E-state index is 1.12. The van der Waals surface area contributed by atoms with Gasteiger partial charge in [0, 0.05) is 28.3 Å². The molecular formula is C13H13IN2. The summed E-state index contributed by atoms with van der Waals surface area (Å²) >= 11 is 2.33. The zero-order chi connectivity index (χ0) is 11.0. The Balaban J connectivity index is 2.00.